The van der Waals surface area contributed by atoms with Crippen LogP contribution in [0.1, 0.15) is 47.0 Å². The van der Waals surface area contributed by atoms with Crippen molar-refractivity contribution in [3.05, 3.63) is 11.6 Å². The fourth-order valence-electron chi connectivity index (χ4n) is 5.67. The molecule has 7 unspecified atom stereocenters. The highest BCUT2D eigenvalue weighted by Gasteiger charge is 2.68. The summed E-state index contributed by atoms with van der Waals surface area (Å²) in [6.07, 6.45) is 6.46. The van der Waals surface area contributed by atoms with E-state index in [0.29, 0.717) is 17.9 Å². The molecule has 2 aliphatic heterocycles. The monoisotopic (exact) mass is 248 g/mol. The third-order valence-electron chi connectivity index (χ3n) is 7.12. The summed E-state index contributed by atoms with van der Waals surface area (Å²) in [4.78, 5) is 11.9. The van der Waals surface area contributed by atoms with Gasteiger partial charge < -0.3 is 0 Å². The van der Waals surface area contributed by atoms with E-state index in [0.717, 1.165) is 11.8 Å². The molecule has 2 heterocycles. The van der Waals surface area contributed by atoms with Gasteiger partial charge in [-0.15, -0.1) is 0 Å². The summed E-state index contributed by atoms with van der Waals surface area (Å²) >= 11 is 0. The smallest absolute Gasteiger partial charge is 0.110 e. The molecule has 6 rings (SSSR count). The highest BCUT2D eigenvalue weighted by atomic mass is 17.2. The average Bonchev–Trinajstić information content (AvgIpc) is 2.48. The summed E-state index contributed by atoms with van der Waals surface area (Å²) in [5.41, 5.74) is 1.75. The van der Waals surface area contributed by atoms with Crippen LogP contribution < -0.4 is 0 Å². The lowest BCUT2D eigenvalue weighted by Crippen LogP contribution is -2.61. The molecule has 5 fully saturated rings. The Bertz CT molecular complexity index is 429. The van der Waals surface area contributed by atoms with Gasteiger partial charge in [-0.1, -0.05) is 25.5 Å². The summed E-state index contributed by atoms with van der Waals surface area (Å²) in [5.74, 6) is 2.78. The number of hydrogen-bond donors (Lipinski definition) is 0. The Morgan fingerprint density at radius 1 is 1.33 bits per heavy atom. The van der Waals surface area contributed by atoms with Gasteiger partial charge in [0.05, 0.1) is 0 Å². The van der Waals surface area contributed by atoms with Crippen LogP contribution in [-0.2, 0) is 9.78 Å². The number of hydrogen-bond acceptors (Lipinski definition) is 2. The molecule has 0 amide bonds. The van der Waals surface area contributed by atoms with Gasteiger partial charge in [-0.3, -0.25) is 0 Å². The zero-order chi connectivity index (χ0) is 12.7. The quantitative estimate of drug-likeness (QED) is 0.480. The van der Waals surface area contributed by atoms with Crippen LogP contribution in [0.5, 0.6) is 0 Å². The van der Waals surface area contributed by atoms with Crippen molar-refractivity contribution >= 4 is 0 Å². The van der Waals surface area contributed by atoms with E-state index in [1.807, 2.05) is 0 Å². The van der Waals surface area contributed by atoms with Gasteiger partial charge >= 0.3 is 0 Å². The molecule has 100 valence electrons. The molecule has 4 aliphatic carbocycles. The minimum absolute atomic E-state index is 0.0855. The van der Waals surface area contributed by atoms with Gasteiger partial charge in [-0.25, -0.2) is 9.78 Å². The van der Waals surface area contributed by atoms with Gasteiger partial charge in [0, 0.05) is 11.3 Å². The first-order chi connectivity index (χ1) is 8.47. The lowest BCUT2D eigenvalue weighted by Gasteiger charge is -2.58. The fourth-order valence-corrected chi connectivity index (χ4v) is 5.67. The molecular formula is C16H24O2. The highest BCUT2D eigenvalue weighted by Crippen LogP contribution is 2.67. The Labute approximate surface area is 110 Å². The second-order valence-corrected chi connectivity index (χ2v) is 7.56. The Balaban J connectivity index is 1.94. The van der Waals surface area contributed by atoms with Crippen LogP contribution in [0.2, 0.25) is 0 Å². The predicted octanol–water partition coefficient (Wildman–Crippen LogP) is 3.72. The molecule has 6 bridgehead atoms. The molecule has 0 N–H and O–H groups in total. The van der Waals surface area contributed by atoms with E-state index in [1.54, 1.807) is 5.57 Å². The van der Waals surface area contributed by atoms with Gasteiger partial charge in [-0.05, 0) is 50.9 Å². The van der Waals surface area contributed by atoms with E-state index in [-0.39, 0.29) is 11.0 Å². The Morgan fingerprint density at radius 3 is 2.89 bits per heavy atom. The Morgan fingerprint density at radius 2 is 2.11 bits per heavy atom. The minimum atomic E-state index is -0.0855. The van der Waals surface area contributed by atoms with Crippen molar-refractivity contribution in [3.8, 4) is 0 Å². The maximum absolute atomic E-state index is 6.03. The van der Waals surface area contributed by atoms with E-state index >= 15 is 0 Å². The van der Waals surface area contributed by atoms with E-state index in [9.17, 15) is 0 Å². The third kappa shape index (κ3) is 1.05. The largest absolute Gasteiger partial charge is 0.232 e. The summed E-state index contributed by atoms with van der Waals surface area (Å²) in [6.45, 7) is 9.48. The van der Waals surface area contributed by atoms with Gasteiger partial charge in [0.1, 0.15) is 11.7 Å². The van der Waals surface area contributed by atoms with Crippen molar-refractivity contribution in [2.45, 2.75) is 58.7 Å². The molecule has 2 nitrogen and oxygen atoms in total. The van der Waals surface area contributed by atoms with Gasteiger partial charge in [0.15, 0.2) is 0 Å². The summed E-state index contributed by atoms with van der Waals surface area (Å²) in [5, 5.41) is 0. The SMILES string of the molecule is CC1=CCC2C3CC(C)C4(C)CC(OOC24C)C13. The van der Waals surface area contributed by atoms with Crippen molar-refractivity contribution in [3.63, 3.8) is 0 Å². The van der Waals surface area contributed by atoms with Crippen molar-refractivity contribution in [2.24, 2.45) is 29.1 Å². The van der Waals surface area contributed by atoms with Gasteiger partial charge in [0.25, 0.3) is 0 Å². The first-order valence-corrected chi connectivity index (χ1v) is 7.48. The zero-order valence-electron chi connectivity index (χ0n) is 11.9. The summed E-state index contributed by atoms with van der Waals surface area (Å²) < 4.78 is 0. The van der Waals surface area contributed by atoms with Crippen LogP contribution in [0.25, 0.3) is 0 Å². The first-order valence-electron chi connectivity index (χ1n) is 7.48. The lowest BCUT2D eigenvalue weighted by atomic mass is 9.51. The van der Waals surface area contributed by atoms with Crippen LogP contribution in [0.15, 0.2) is 11.6 Å². The minimum Gasteiger partial charge on any atom is -0.232 e. The van der Waals surface area contributed by atoms with Gasteiger partial charge in [0.2, 0.25) is 0 Å². The maximum Gasteiger partial charge on any atom is 0.110 e. The van der Waals surface area contributed by atoms with Crippen LogP contribution in [0.4, 0.5) is 0 Å². The predicted molar refractivity (Wildman–Crippen MR) is 69.7 cm³/mol. The van der Waals surface area contributed by atoms with Crippen LogP contribution >= 0.6 is 0 Å². The first kappa shape index (κ1) is 11.5. The van der Waals surface area contributed by atoms with E-state index in [2.05, 4.69) is 33.8 Å². The standard InChI is InChI=1S/C16H24O2/c1-9-5-6-12-11-7-10(2)15(3)8-13(14(9)11)17-18-16(12,15)4/h5,10-14H,6-8H2,1-4H3. The van der Waals surface area contributed by atoms with Gasteiger partial charge in [-0.2, -0.15) is 0 Å². The number of fused-ring (bicyclic) bond motifs is 2. The second-order valence-electron chi connectivity index (χ2n) is 7.56. The highest BCUT2D eigenvalue weighted by molar-refractivity contribution is 5.24. The Kier molecular flexibility index (Phi) is 2.05. The fraction of sp³-hybridized carbons (Fsp3) is 0.875. The Hall–Kier alpha value is -0.340. The summed E-state index contributed by atoms with van der Waals surface area (Å²) in [7, 11) is 0. The van der Waals surface area contributed by atoms with Crippen molar-refractivity contribution in [1.29, 1.82) is 0 Å². The number of allylic oxidation sites excluding steroid dienone is 1. The van der Waals surface area contributed by atoms with Crippen LogP contribution in [-0.4, -0.2) is 11.7 Å². The molecule has 0 aromatic carbocycles. The zero-order valence-corrected chi connectivity index (χ0v) is 11.9. The normalized spacial score (nSPS) is 61.6. The molecule has 0 aromatic heterocycles. The average molecular weight is 248 g/mol. The van der Waals surface area contributed by atoms with Crippen molar-refractivity contribution in [1.82, 2.24) is 0 Å². The van der Waals surface area contributed by atoms with E-state index in [1.165, 1.54) is 19.3 Å². The summed E-state index contributed by atoms with van der Waals surface area (Å²) in [6, 6.07) is 0. The van der Waals surface area contributed by atoms with Crippen molar-refractivity contribution < 1.29 is 9.78 Å². The second kappa shape index (κ2) is 3.21. The molecule has 7 atom stereocenters. The van der Waals surface area contributed by atoms with Crippen molar-refractivity contribution in [2.75, 3.05) is 0 Å². The molecule has 6 aliphatic rings. The van der Waals surface area contributed by atoms with E-state index < -0.39 is 0 Å². The molecule has 0 aromatic rings. The molecule has 2 saturated heterocycles. The molecule has 3 saturated carbocycles. The topological polar surface area (TPSA) is 18.5 Å². The van der Waals surface area contributed by atoms with Crippen LogP contribution in [0, 0.1) is 29.1 Å². The number of rotatable bonds is 0. The lowest BCUT2D eigenvalue weighted by molar-refractivity contribution is -0.446. The molecule has 0 radical (unpaired) electrons. The van der Waals surface area contributed by atoms with Crippen LogP contribution in [0.3, 0.4) is 0 Å². The molecule has 18 heavy (non-hydrogen) atoms. The molecular weight excluding hydrogens is 224 g/mol. The molecule has 0 spiro atoms. The maximum atomic E-state index is 6.03. The molecule has 2 heteroatoms. The van der Waals surface area contributed by atoms with E-state index in [4.69, 9.17) is 9.78 Å². The third-order valence-corrected chi connectivity index (χ3v) is 7.12.